The molecule has 1 aromatic heterocycles. The van der Waals surface area contributed by atoms with Gasteiger partial charge in [0.1, 0.15) is 0 Å². The third-order valence-corrected chi connectivity index (χ3v) is 8.54. The number of benzene rings is 3. The number of nitrogens with zero attached hydrogens (tertiary/aromatic N) is 1. The number of carbonyl (C=O) groups excluding carboxylic acids is 3. The minimum Gasteiger partial charge on any atom is -0.358 e. The molecule has 5 N–H and O–H groups in total. The molecule has 0 bridgehead atoms. The Morgan fingerprint density at radius 3 is 2.47 bits per heavy atom. The number of hydrogen-bond acceptors (Lipinski definition) is 5. The lowest BCUT2D eigenvalue weighted by atomic mass is 10.0. The molecule has 4 aromatic rings. The molecule has 1 fully saturated rings. The molecule has 0 saturated carbocycles. The van der Waals surface area contributed by atoms with Crippen LogP contribution in [0.15, 0.2) is 66.7 Å². The minimum atomic E-state index is -0.219. The number of fused-ring (bicyclic) bond motifs is 1. The number of rotatable bonds is 9. The van der Waals surface area contributed by atoms with Gasteiger partial charge in [-0.2, -0.15) is 0 Å². The van der Waals surface area contributed by atoms with Crippen LogP contribution in [-0.2, 0) is 4.79 Å². The summed E-state index contributed by atoms with van der Waals surface area (Å²) < 4.78 is 0. The fraction of sp³-hybridized carbons (Fsp3) is 0.250. The number of hydrogen-bond donors (Lipinski definition) is 5. The zero-order valence-electron chi connectivity index (χ0n) is 25.8. The second-order valence-corrected chi connectivity index (χ2v) is 11.7. The number of amides is 3. The molecule has 2 aliphatic rings. The molecule has 1 saturated heterocycles. The minimum absolute atomic E-state index is 0.106. The molecule has 230 valence electrons. The van der Waals surface area contributed by atoms with Gasteiger partial charge in [0.05, 0.1) is 22.5 Å². The van der Waals surface area contributed by atoms with Gasteiger partial charge in [-0.1, -0.05) is 36.4 Å². The van der Waals surface area contributed by atoms with E-state index in [1.165, 1.54) is 12.8 Å². The van der Waals surface area contributed by atoms with Crippen molar-refractivity contribution < 1.29 is 14.4 Å². The van der Waals surface area contributed by atoms with E-state index in [0.717, 1.165) is 59.1 Å². The zero-order chi connectivity index (χ0) is 31.5. The van der Waals surface area contributed by atoms with Gasteiger partial charge in [-0.15, -0.1) is 0 Å². The highest BCUT2D eigenvalue weighted by Crippen LogP contribution is 2.40. The summed E-state index contributed by atoms with van der Waals surface area (Å²) in [4.78, 5) is 44.8. The van der Waals surface area contributed by atoms with E-state index >= 15 is 0 Å². The van der Waals surface area contributed by atoms with Crippen molar-refractivity contribution in [1.82, 2.24) is 15.2 Å². The van der Waals surface area contributed by atoms with Gasteiger partial charge in [0.15, 0.2) is 0 Å². The van der Waals surface area contributed by atoms with E-state index < -0.39 is 0 Å². The summed E-state index contributed by atoms with van der Waals surface area (Å²) >= 11 is 0. The molecule has 0 unspecified atom stereocenters. The highest BCUT2D eigenvalue weighted by atomic mass is 16.2. The van der Waals surface area contributed by atoms with Gasteiger partial charge in [-0.25, -0.2) is 0 Å². The maximum absolute atomic E-state index is 13.3. The number of likely N-dealkylation sites (tertiary alicyclic amines) is 1. The number of H-pyrrole nitrogens is 1. The van der Waals surface area contributed by atoms with Gasteiger partial charge in [-0.3, -0.25) is 14.4 Å². The number of aromatic nitrogens is 1. The molecular weight excluding hydrogens is 564 g/mol. The SMILES string of the molecule is Cc1ccc(NC(=O)c2ccccc2)cc1Nc1cccc2c1NC(=O)/C2=C\c1[nH]c(C)c(C(=O)NCCN2CCCC2)c1C. The lowest BCUT2D eigenvalue weighted by Gasteiger charge is -2.15. The van der Waals surface area contributed by atoms with Crippen molar-refractivity contribution in [3.63, 3.8) is 0 Å². The average Bonchev–Trinajstić information content (AvgIpc) is 3.74. The van der Waals surface area contributed by atoms with Crippen LogP contribution in [0, 0.1) is 20.8 Å². The van der Waals surface area contributed by atoms with Gasteiger partial charge in [0.25, 0.3) is 17.7 Å². The molecule has 0 aliphatic carbocycles. The Labute approximate surface area is 263 Å². The first-order valence-electron chi connectivity index (χ1n) is 15.4. The Morgan fingerprint density at radius 1 is 0.911 bits per heavy atom. The standard InChI is InChI=1S/C36H38N6O3/c1-22-14-15-26(39-34(43)25-10-5-4-6-11-25)20-30(22)40-29-13-9-12-27-28(35(44)41-33(27)29)21-31-23(2)32(24(3)38-31)36(45)37-16-19-42-17-7-8-18-42/h4-6,9-15,20-21,38,40H,7-8,16-19H2,1-3H3,(H,37,45)(H,39,43)(H,41,44)/b28-21-. The molecule has 0 atom stereocenters. The highest BCUT2D eigenvalue weighted by molar-refractivity contribution is 6.36. The quantitative estimate of drug-likeness (QED) is 0.145. The predicted molar refractivity (Wildman–Crippen MR) is 180 cm³/mol. The molecule has 2 aliphatic heterocycles. The predicted octanol–water partition coefficient (Wildman–Crippen LogP) is 6.25. The first-order chi connectivity index (χ1) is 21.8. The van der Waals surface area contributed by atoms with Crippen LogP contribution in [0.2, 0.25) is 0 Å². The molecule has 45 heavy (non-hydrogen) atoms. The summed E-state index contributed by atoms with van der Waals surface area (Å²) in [5.74, 6) is -0.515. The lowest BCUT2D eigenvalue weighted by Crippen LogP contribution is -2.33. The third kappa shape index (κ3) is 6.39. The van der Waals surface area contributed by atoms with Gasteiger partial charge in [-0.05, 0) is 94.2 Å². The van der Waals surface area contributed by atoms with E-state index in [1.54, 1.807) is 12.1 Å². The van der Waals surface area contributed by atoms with E-state index in [2.05, 4.69) is 31.2 Å². The van der Waals surface area contributed by atoms with Crippen molar-refractivity contribution >= 4 is 52.1 Å². The van der Waals surface area contributed by atoms with E-state index in [1.807, 2.05) is 81.4 Å². The summed E-state index contributed by atoms with van der Waals surface area (Å²) in [7, 11) is 0. The fourth-order valence-corrected chi connectivity index (χ4v) is 6.06. The molecule has 9 heteroatoms. The third-order valence-electron chi connectivity index (χ3n) is 8.54. The topological polar surface area (TPSA) is 118 Å². The normalized spacial score (nSPS) is 15.2. The summed E-state index contributed by atoms with van der Waals surface area (Å²) in [6.45, 7) is 9.41. The molecule has 0 radical (unpaired) electrons. The van der Waals surface area contributed by atoms with Crippen LogP contribution in [0.3, 0.4) is 0 Å². The van der Waals surface area contributed by atoms with Gasteiger partial charge < -0.3 is 31.2 Å². The van der Waals surface area contributed by atoms with Crippen molar-refractivity contribution in [3.8, 4) is 0 Å². The van der Waals surface area contributed by atoms with E-state index in [-0.39, 0.29) is 17.7 Å². The van der Waals surface area contributed by atoms with Crippen molar-refractivity contribution in [3.05, 3.63) is 106 Å². The van der Waals surface area contributed by atoms with Crippen LogP contribution < -0.4 is 21.3 Å². The first-order valence-corrected chi connectivity index (χ1v) is 15.4. The van der Waals surface area contributed by atoms with E-state index in [4.69, 9.17) is 0 Å². The Kier molecular flexibility index (Phi) is 8.53. The molecular formula is C36H38N6O3. The van der Waals surface area contributed by atoms with Gasteiger partial charge in [0, 0.05) is 47.0 Å². The lowest BCUT2D eigenvalue weighted by molar-refractivity contribution is -0.110. The monoisotopic (exact) mass is 602 g/mol. The summed E-state index contributed by atoms with van der Waals surface area (Å²) in [5.41, 5.74) is 8.62. The number of anilines is 4. The van der Waals surface area contributed by atoms with Crippen LogP contribution in [0.1, 0.15) is 61.6 Å². The zero-order valence-corrected chi connectivity index (χ0v) is 25.8. The van der Waals surface area contributed by atoms with Gasteiger partial charge in [0.2, 0.25) is 0 Å². The van der Waals surface area contributed by atoms with Crippen LogP contribution in [-0.4, -0.2) is 53.8 Å². The number of nitrogens with one attached hydrogen (secondary N) is 5. The molecule has 3 heterocycles. The fourth-order valence-electron chi connectivity index (χ4n) is 6.06. The molecule has 9 nitrogen and oxygen atoms in total. The highest BCUT2D eigenvalue weighted by Gasteiger charge is 2.28. The maximum Gasteiger partial charge on any atom is 0.256 e. The summed E-state index contributed by atoms with van der Waals surface area (Å²) in [6.07, 6.45) is 4.26. The Balaban J connectivity index is 1.21. The van der Waals surface area contributed by atoms with Crippen molar-refractivity contribution in [2.24, 2.45) is 0 Å². The Bertz CT molecular complexity index is 1800. The number of carbonyl (C=O) groups is 3. The van der Waals surface area contributed by atoms with Crippen LogP contribution in [0.25, 0.3) is 11.6 Å². The maximum atomic E-state index is 13.3. The van der Waals surface area contributed by atoms with Gasteiger partial charge >= 0.3 is 0 Å². The number of para-hydroxylation sites is 1. The Hall–Kier alpha value is -5.15. The van der Waals surface area contributed by atoms with Crippen LogP contribution in [0.4, 0.5) is 22.7 Å². The first kappa shape index (κ1) is 29.9. The second kappa shape index (κ2) is 12.8. The largest absolute Gasteiger partial charge is 0.358 e. The van der Waals surface area contributed by atoms with Crippen molar-refractivity contribution in [2.75, 3.05) is 42.1 Å². The number of aromatic amines is 1. The molecule has 0 spiro atoms. The molecule has 3 aromatic carbocycles. The summed E-state index contributed by atoms with van der Waals surface area (Å²) in [6, 6.07) is 20.5. The van der Waals surface area contributed by atoms with Crippen LogP contribution >= 0.6 is 0 Å². The smallest absolute Gasteiger partial charge is 0.256 e. The second-order valence-electron chi connectivity index (χ2n) is 11.7. The average molecular weight is 603 g/mol. The van der Waals surface area contributed by atoms with Crippen molar-refractivity contribution in [2.45, 2.75) is 33.6 Å². The molecule has 3 amide bonds. The Morgan fingerprint density at radius 2 is 1.69 bits per heavy atom. The number of aryl methyl sites for hydroxylation is 2. The van der Waals surface area contributed by atoms with Crippen molar-refractivity contribution in [1.29, 1.82) is 0 Å². The van der Waals surface area contributed by atoms with E-state index in [9.17, 15) is 14.4 Å². The summed E-state index contributed by atoms with van der Waals surface area (Å²) in [5, 5.41) is 12.5. The van der Waals surface area contributed by atoms with Crippen LogP contribution in [0.5, 0.6) is 0 Å². The van der Waals surface area contributed by atoms with E-state index in [0.29, 0.717) is 34.6 Å². The molecule has 6 rings (SSSR count).